The number of aromatic nitrogens is 1. The third kappa shape index (κ3) is 4.11. The van der Waals surface area contributed by atoms with E-state index in [-0.39, 0.29) is 24.2 Å². The summed E-state index contributed by atoms with van der Waals surface area (Å²) in [6.07, 6.45) is 3.05. The van der Waals surface area contributed by atoms with Crippen LogP contribution in [0.3, 0.4) is 0 Å². The third-order valence-corrected chi connectivity index (χ3v) is 5.56. The van der Waals surface area contributed by atoms with Gasteiger partial charge >= 0.3 is 0 Å². The van der Waals surface area contributed by atoms with Crippen molar-refractivity contribution in [3.63, 3.8) is 0 Å². The summed E-state index contributed by atoms with van der Waals surface area (Å²) in [6.45, 7) is 1.10. The van der Waals surface area contributed by atoms with Crippen LogP contribution in [-0.2, 0) is 16.0 Å². The van der Waals surface area contributed by atoms with E-state index in [9.17, 15) is 9.59 Å². The Bertz CT molecular complexity index is 1020. The summed E-state index contributed by atoms with van der Waals surface area (Å²) in [5, 5.41) is 4.13. The maximum atomic E-state index is 12.6. The van der Waals surface area contributed by atoms with Crippen molar-refractivity contribution in [3.05, 3.63) is 60.3 Å². The lowest BCUT2D eigenvalue weighted by Crippen LogP contribution is -2.30. The van der Waals surface area contributed by atoms with Crippen LogP contribution in [0.15, 0.2) is 54.7 Å². The number of hydrogen-bond donors (Lipinski definition) is 2. The highest BCUT2D eigenvalue weighted by Gasteiger charge is 2.34. The molecule has 1 atom stereocenters. The molecule has 1 unspecified atom stereocenters. The smallest absolute Gasteiger partial charge is 0.229 e. The van der Waals surface area contributed by atoms with Crippen molar-refractivity contribution in [1.29, 1.82) is 0 Å². The van der Waals surface area contributed by atoms with Gasteiger partial charge in [-0.25, -0.2) is 0 Å². The minimum atomic E-state index is -0.306. The lowest BCUT2D eigenvalue weighted by atomic mass is 10.1. The quantitative estimate of drug-likeness (QED) is 0.679. The Morgan fingerprint density at radius 3 is 2.69 bits per heavy atom. The molecule has 0 spiro atoms. The van der Waals surface area contributed by atoms with E-state index in [0.29, 0.717) is 13.1 Å². The second-order valence-corrected chi connectivity index (χ2v) is 7.78. The molecule has 2 amide bonds. The molecule has 1 fully saturated rings. The number of benzene rings is 2. The fraction of sp³-hybridized carbons (Fsp3) is 0.304. The van der Waals surface area contributed by atoms with Crippen molar-refractivity contribution >= 4 is 34.1 Å². The maximum absolute atomic E-state index is 12.6. The Morgan fingerprint density at radius 1 is 1.17 bits per heavy atom. The molecule has 2 aromatic carbocycles. The first-order valence-corrected chi connectivity index (χ1v) is 9.92. The number of nitrogens with one attached hydrogen (secondary N) is 2. The fourth-order valence-corrected chi connectivity index (χ4v) is 3.84. The van der Waals surface area contributed by atoms with E-state index in [1.807, 2.05) is 67.7 Å². The summed E-state index contributed by atoms with van der Waals surface area (Å²) in [4.78, 5) is 32.1. The summed E-state index contributed by atoms with van der Waals surface area (Å²) >= 11 is 0. The Hall–Kier alpha value is -3.28. The molecule has 3 aromatic rings. The van der Waals surface area contributed by atoms with Gasteiger partial charge in [0.1, 0.15) is 0 Å². The van der Waals surface area contributed by atoms with Crippen LogP contribution in [0.1, 0.15) is 12.0 Å². The van der Waals surface area contributed by atoms with Gasteiger partial charge in [0.25, 0.3) is 0 Å². The Kier molecular flexibility index (Phi) is 5.25. The minimum Gasteiger partial charge on any atom is -0.378 e. The van der Waals surface area contributed by atoms with Gasteiger partial charge < -0.3 is 20.1 Å². The molecule has 1 aliphatic rings. The Labute approximate surface area is 170 Å². The van der Waals surface area contributed by atoms with Crippen molar-refractivity contribution in [3.8, 4) is 0 Å². The monoisotopic (exact) mass is 390 g/mol. The number of nitrogens with zero attached hydrogens (tertiary/aromatic N) is 2. The standard InChI is InChI=1S/C23H26N4O2/c1-26(2)19-9-7-18(8-10-19)25-23(29)17-13-22(28)27(15-17)12-11-16-14-24-21-6-4-3-5-20(16)21/h3-10,14,17,24H,11-13,15H2,1-2H3,(H,25,29). The topological polar surface area (TPSA) is 68.4 Å². The molecular formula is C23H26N4O2. The molecule has 0 bridgehead atoms. The van der Waals surface area contributed by atoms with Crippen LogP contribution < -0.4 is 10.2 Å². The number of aromatic amines is 1. The van der Waals surface area contributed by atoms with E-state index in [2.05, 4.69) is 16.4 Å². The molecule has 1 aromatic heterocycles. The van der Waals surface area contributed by atoms with E-state index in [1.165, 1.54) is 10.9 Å². The first-order valence-electron chi connectivity index (χ1n) is 9.92. The second kappa shape index (κ2) is 7.99. The van der Waals surface area contributed by atoms with E-state index in [0.717, 1.165) is 23.3 Å². The summed E-state index contributed by atoms with van der Waals surface area (Å²) in [7, 11) is 3.95. The Balaban J connectivity index is 1.34. The van der Waals surface area contributed by atoms with Gasteiger partial charge in [-0.2, -0.15) is 0 Å². The van der Waals surface area contributed by atoms with Crippen LogP contribution in [0.2, 0.25) is 0 Å². The highest BCUT2D eigenvalue weighted by molar-refractivity contribution is 5.97. The normalized spacial score (nSPS) is 16.4. The molecule has 29 heavy (non-hydrogen) atoms. The highest BCUT2D eigenvalue weighted by atomic mass is 16.2. The van der Waals surface area contributed by atoms with Crippen LogP contribution in [-0.4, -0.2) is 48.9 Å². The minimum absolute atomic E-state index is 0.0490. The van der Waals surface area contributed by atoms with Gasteiger partial charge in [-0.3, -0.25) is 9.59 Å². The molecule has 2 N–H and O–H groups in total. The lowest BCUT2D eigenvalue weighted by molar-refractivity contribution is -0.128. The van der Waals surface area contributed by atoms with Gasteiger partial charge in [-0.1, -0.05) is 18.2 Å². The molecule has 2 heterocycles. The molecule has 4 rings (SSSR count). The summed E-state index contributed by atoms with van der Waals surface area (Å²) in [6, 6.07) is 15.9. The molecule has 6 nitrogen and oxygen atoms in total. The number of amides is 2. The molecule has 6 heteroatoms. The van der Waals surface area contributed by atoms with Crippen molar-refractivity contribution < 1.29 is 9.59 Å². The summed E-state index contributed by atoms with van der Waals surface area (Å²) in [5.74, 6) is -0.350. The average Bonchev–Trinajstić information content (AvgIpc) is 3.30. The summed E-state index contributed by atoms with van der Waals surface area (Å²) in [5.41, 5.74) is 4.13. The van der Waals surface area contributed by atoms with Crippen LogP contribution in [0.4, 0.5) is 11.4 Å². The third-order valence-electron chi connectivity index (χ3n) is 5.56. The summed E-state index contributed by atoms with van der Waals surface area (Å²) < 4.78 is 0. The van der Waals surface area contributed by atoms with Crippen molar-refractivity contribution in [1.82, 2.24) is 9.88 Å². The predicted octanol–water partition coefficient (Wildman–Crippen LogP) is 3.26. The van der Waals surface area contributed by atoms with Crippen LogP contribution in [0, 0.1) is 5.92 Å². The molecule has 0 aliphatic carbocycles. The number of likely N-dealkylation sites (tertiary alicyclic amines) is 1. The van der Waals surface area contributed by atoms with Gasteiger partial charge in [0.2, 0.25) is 11.8 Å². The molecule has 1 saturated heterocycles. The zero-order valence-corrected chi connectivity index (χ0v) is 16.8. The highest BCUT2D eigenvalue weighted by Crippen LogP contribution is 2.23. The lowest BCUT2D eigenvalue weighted by Gasteiger charge is -2.17. The number of anilines is 2. The number of para-hydroxylation sites is 1. The number of rotatable bonds is 6. The van der Waals surface area contributed by atoms with Crippen LogP contribution in [0.25, 0.3) is 10.9 Å². The van der Waals surface area contributed by atoms with Crippen LogP contribution >= 0.6 is 0 Å². The van der Waals surface area contributed by atoms with Gasteiger partial charge in [0.15, 0.2) is 0 Å². The average molecular weight is 390 g/mol. The molecule has 150 valence electrons. The van der Waals surface area contributed by atoms with E-state index < -0.39 is 0 Å². The van der Waals surface area contributed by atoms with Gasteiger partial charge in [-0.15, -0.1) is 0 Å². The fourth-order valence-electron chi connectivity index (χ4n) is 3.84. The predicted molar refractivity (Wildman–Crippen MR) is 116 cm³/mol. The second-order valence-electron chi connectivity index (χ2n) is 7.78. The number of carbonyl (C=O) groups is 2. The van der Waals surface area contributed by atoms with Crippen molar-refractivity contribution in [2.45, 2.75) is 12.8 Å². The largest absolute Gasteiger partial charge is 0.378 e. The molecular weight excluding hydrogens is 364 g/mol. The van der Waals surface area contributed by atoms with E-state index >= 15 is 0 Å². The number of H-pyrrole nitrogens is 1. The van der Waals surface area contributed by atoms with E-state index in [1.54, 1.807) is 4.90 Å². The van der Waals surface area contributed by atoms with Crippen molar-refractivity contribution in [2.24, 2.45) is 5.92 Å². The van der Waals surface area contributed by atoms with Gasteiger partial charge in [0.05, 0.1) is 5.92 Å². The first kappa shape index (κ1) is 19.1. The first-order chi connectivity index (χ1) is 14.0. The van der Waals surface area contributed by atoms with Gasteiger partial charge in [-0.05, 0) is 42.3 Å². The molecule has 1 aliphatic heterocycles. The SMILES string of the molecule is CN(C)c1ccc(NC(=O)C2CC(=O)N(CCc3c[nH]c4ccccc34)C2)cc1. The molecule has 0 radical (unpaired) electrons. The Morgan fingerprint density at radius 2 is 1.93 bits per heavy atom. The van der Waals surface area contributed by atoms with Gasteiger partial charge in [0, 0.05) is 62.1 Å². The number of carbonyl (C=O) groups excluding carboxylic acids is 2. The number of fused-ring (bicyclic) bond motifs is 1. The zero-order valence-electron chi connectivity index (χ0n) is 16.8. The number of hydrogen-bond acceptors (Lipinski definition) is 3. The zero-order chi connectivity index (χ0) is 20.4. The van der Waals surface area contributed by atoms with Crippen LogP contribution in [0.5, 0.6) is 0 Å². The van der Waals surface area contributed by atoms with Crippen molar-refractivity contribution in [2.75, 3.05) is 37.4 Å². The maximum Gasteiger partial charge on any atom is 0.229 e. The molecule has 0 saturated carbocycles. The van der Waals surface area contributed by atoms with E-state index in [4.69, 9.17) is 0 Å².